The SMILES string of the molecule is Cc1occc1-c1cc(NC(=O)OCc2ccccc2)n(CCO)n1. The van der Waals surface area contributed by atoms with E-state index in [0.29, 0.717) is 11.5 Å². The number of furan rings is 1. The van der Waals surface area contributed by atoms with Crippen molar-refractivity contribution in [3.8, 4) is 11.3 Å². The molecule has 7 nitrogen and oxygen atoms in total. The van der Waals surface area contributed by atoms with E-state index in [-0.39, 0.29) is 19.8 Å². The number of aromatic nitrogens is 2. The van der Waals surface area contributed by atoms with Crippen LogP contribution in [-0.4, -0.2) is 27.6 Å². The van der Waals surface area contributed by atoms with Gasteiger partial charge in [0.05, 0.1) is 25.1 Å². The predicted molar refractivity (Wildman–Crippen MR) is 92.0 cm³/mol. The zero-order valence-electron chi connectivity index (χ0n) is 13.8. The number of aliphatic hydroxyl groups is 1. The number of nitrogens with zero attached hydrogens (tertiary/aromatic N) is 2. The highest BCUT2D eigenvalue weighted by Crippen LogP contribution is 2.26. The van der Waals surface area contributed by atoms with E-state index >= 15 is 0 Å². The van der Waals surface area contributed by atoms with Crippen LogP contribution in [0.2, 0.25) is 0 Å². The second-order valence-corrected chi connectivity index (χ2v) is 5.44. The van der Waals surface area contributed by atoms with Crippen LogP contribution in [0.4, 0.5) is 10.6 Å². The Hall–Kier alpha value is -3.06. The molecule has 0 fully saturated rings. The summed E-state index contributed by atoms with van der Waals surface area (Å²) < 4.78 is 12.0. The Kier molecular flexibility index (Phi) is 5.15. The van der Waals surface area contributed by atoms with Gasteiger partial charge in [0.2, 0.25) is 0 Å². The van der Waals surface area contributed by atoms with Gasteiger partial charge in [0.1, 0.15) is 18.2 Å². The van der Waals surface area contributed by atoms with Gasteiger partial charge in [0.25, 0.3) is 0 Å². The predicted octanol–water partition coefficient (Wildman–Crippen LogP) is 3.19. The third-order valence-electron chi connectivity index (χ3n) is 3.67. The topological polar surface area (TPSA) is 89.5 Å². The molecule has 0 aliphatic rings. The zero-order valence-corrected chi connectivity index (χ0v) is 13.8. The van der Waals surface area contributed by atoms with Crippen LogP contribution in [0.15, 0.2) is 53.1 Å². The van der Waals surface area contributed by atoms with Crippen LogP contribution in [0.5, 0.6) is 0 Å². The van der Waals surface area contributed by atoms with Crippen molar-refractivity contribution < 1.29 is 19.1 Å². The lowest BCUT2D eigenvalue weighted by molar-refractivity contribution is 0.154. The number of rotatable bonds is 6. The van der Waals surface area contributed by atoms with Crippen molar-refractivity contribution in [2.24, 2.45) is 0 Å². The number of aliphatic hydroxyl groups excluding tert-OH is 1. The third-order valence-corrected chi connectivity index (χ3v) is 3.67. The summed E-state index contributed by atoms with van der Waals surface area (Å²) >= 11 is 0. The Bertz CT molecular complexity index is 839. The molecule has 0 unspecified atom stereocenters. The van der Waals surface area contributed by atoms with E-state index in [1.807, 2.05) is 37.3 Å². The van der Waals surface area contributed by atoms with Crippen molar-refractivity contribution in [1.82, 2.24) is 9.78 Å². The molecule has 0 aliphatic carbocycles. The van der Waals surface area contributed by atoms with E-state index in [1.165, 1.54) is 4.68 Å². The maximum atomic E-state index is 12.0. The van der Waals surface area contributed by atoms with Crippen molar-refractivity contribution in [3.63, 3.8) is 0 Å². The van der Waals surface area contributed by atoms with E-state index in [1.54, 1.807) is 18.4 Å². The lowest BCUT2D eigenvalue weighted by Gasteiger charge is -2.08. The van der Waals surface area contributed by atoms with Gasteiger partial charge in [-0.3, -0.25) is 5.32 Å². The van der Waals surface area contributed by atoms with Gasteiger partial charge in [-0.15, -0.1) is 0 Å². The quantitative estimate of drug-likeness (QED) is 0.719. The minimum Gasteiger partial charge on any atom is -0.469 e. The normalized spacial score (nSPS) is 10.6. The molecule has 3 aromatic rings. The van der Waals surface area contributed by atoms with E-state index in [0.717, 1.165) is 16.9 Å². The Morgan fingerprint density at radius 1 is 1.32 bits per heavy atom. The maximum Gasteiger partial charge on any atom is 0.413 e. The molecule has 0 radical (unpaired) electrons. The van der Waals surface area contributed by atoms with Crippen molar-refractivity contribution in [1.29, 1.82) is 0 Å². The number of carbonyl (C=O) groups excluding carboxylic acids is 1. The fourth-order valence-electron chi connectivity index (χ4n) is 2.43. The second kappa shape index (κ2) is 7.67. The minimum atomic E-state index is -0.585. The van der Waals surface area contributed by atoms with Gasteiger partial charge < -0.3 is 14.3 Å². The summed E-state index contributed by atoms with van der Waals surface area (Å²) in [4.78, 5) is 12.0. The van der Waals surface area contributed by atoms with Gasteiger partial charge >= 0.3 is 6.09 Å². The van der Waals surface area contributed by atoms with Crippen LogP contribution in [0.1, 0.15) is 11.3 Å². The van der Waals surface area contributed by atoms with Gasteiger partial charge in [0, 0.05) is 11.6 Å². The summed E-state index contributed by atoms with van der Waals surface area (Å²) in [5.74, 6) is 1.18. The van der Waals surface area contributed by atoms with E-state index in [4.69, 9.17) is 9.15 Å². The standard InChI is InChI=1S/C18H19N3O4/c1-13-15(7-10-24-13)16-11-17(21(20-16)8-9-22)19-18(23)25-12-14-5-3-2-4-6-14/h2-7,10-11,22H,8-9,12H2,1H3,(H,19,23). The summed E-state index contributed by atoms with van der Waals surface area (Å²) in [6.45, 7) is 2.17. The molecule has 3 rings (SSSR count). The average molecular weight is 341 g/mol. The highest BCUT2D eigenvalue weighted by molar-refractivity contribution is 5.84. The molecule has 2 aromatic heterocycles. The first-order valence-electron chi connectivity index (χ1n) is 7.88. The van der Waals surface area contributed by atoms with E-state index in [2.05, 4.69) is 10.4 Å². The van der Waals surface area contributed by atoms with Gasteiger partial charge in [-0.2, -0.15) is 5.10 Å². The van der Waals surface area contributed by atoms with Crippen molar-refractivity contribution in [2.45, 2.75) is 20.1 Å². The number of amides is 1. The number of benzene rings is 1. The van der Waals surface area contributed by atoms with E-state index < -0.39 is 6.09 Å². The Labute approximate surface area is 144 Å². The molecule has 0 atom stereocenters. The third kappa shape index (κ3) is 4.07. The molecule has 2 heterocycles. The summed E-state index contributed by atoms with van der Waals surface area (Å²) in [6, 6.07) is 12.9. The summed E-state index contributed by atoms with van der Waals surface area (Å²) in [5.41, 5.74) is 2.38. The Morgan fingerprint density at radius 3 is 2.80 bits per heavy atom. The molecule has 0 saturated carbocycles. The van der Waals surface area contributed by atoms with E-state index in [9.17, 15) is 9.90 Å². The van der Waals surface area contributed by atoms with Crippen molar-refractivity contribution >= 4 is 11.9 Å². The van der Waals surface area contributed by atoms with Crippen LogP contribution in [-0.2, 0) is 17.9 Å². The molecule has 0 aliphatic heterocycles. The molecular formula is C18H19N3O4. The fourth-order valence-corrected chi connectivity index (χ4v) is 2.43. The molecule has 1 amide bonds. The lowest BCUT2D eigenvalue weighted by Crippen LogP contribution is -2.17. The van der Waals surface area contributed by atoms with Crippen LogP contribution >= 0.6 is 0 Å². The van der Waals surface area contributed by atoms with Gasteiger partial charge in [-0.1, -0.05) is 30.3 Å². The Balaban J connectivity index is 1.71. The maximum absolute atomic E-state index is 12.0. The molecule has 0 spiro atoms. The number of nitrogens with one attached hydrogen (secondary N) is 1. The van der Waals surface area contributed by atoms with Crippen LogP contribution in [0, 0.1) is 6.92 Å². The first kappa shape index (κ1) is 16.8. The second-order valence-electron chi connectivity index (χ2n) is 5.44. The minimum absolute atomic E-state index is 0.0980. The van der Waals surface area contributed by atoms with Crippen LogP contribution in [0.25, 0.3) is 11.3 Å². The molecule has 0 saturated heterocycles. The highest BCUT2D eigenvalue weighted by Gasteiger charge is 2.15. The van der Waals surface area contributed by atoms with Crippen molar-refractivity contribution in [3.05, 3.63) is 60.1 Å². The number of aryl methyl sites for hydroxylation is 1. The van der Waals surface area contributed by atoms with Gasteiger partial charge in [0.15, 0.2) is 0 Å². The monoisotopic (exact) mass is 341 g/mol. The molecule has 7 heteroatoms. The zero-order chi connectivity index (χ0) is 17.6. The van der Waals surface area contributed by atoms with Gasteiger partial charge in [-0.05, 0) is 18.6 Å². The lowest BCUT2D eigenvalue weighted by atomic mass is 10.2. The molecule has 0 bridgehead atoms. The van der Waals surface area contributed by atoms with Gasteiger partial charge in [-0.25, -0.2) is 9.48 Å². The number of hydrogen-bond acceptors (Lipinski definition) is 5. The summed E-state index contributed by atoms with van der Waals surface area (Å²) in [5, 5.41) is 16.3. The molecule has 130 valence electrons. The largest absolute Gasteiger partial charge is 0.469 e. The molecule has 25 heavy (non-hydrogen) atoms. The molecule has 1 aromatic carbocycles. The van der Waals surface area contributed by atoms with Crippen LogP contribution in [0.3, 0.4) is 0 Å². The van der Waals surface area contributed by atoms with Crippen molar-refractivity contribution in [2.75, 3.05) is 11.9 Å². The van der Waals surface area contributed by atoms with Crippen LogP contribution < -0.4 is 5.32 Å². The highest BCUT2D eigenvalue weighted by atomic mass is 16.5. The fraction of sp³-hybridized carbons (Fsp3) is 0.222. The number of anilines is 1. The number of carbonyl (C=O) groups is 1. The average Bonchev–Trinajstić information content (AvgIpc) is 3.21. The first-order chi connectivity index (χ1) is 12.2. The number of hydrogen-bond donors (Lipinski definition) is 2. The smallest absolute Gasteiger partial charge is 0.413 e. The summed E-state index contributed by atoms with van der Waals surface area (Å²) in [6.07, 6.45) is 0.996. The molecular weight excluding hydrogens is 322 g/mol. The number of ether oxygens (including phenoxy) is 1. The summed E-state index contributed by atoms with van der Waals surface area (Å²) in [7, 11) is 0. The first-order valence-corrected chi connectivity index (χ1v) is 7.88. The molecule has 2 N–H and O–H groups in total. The Morgan fingerprint density at radius 2 is 2.12 bits per heavy atom.